The van der Waals surface area contributed by atoms with Crippen LogP contribution in [0.2, 0.25) is 5.15 Å². The van der Waals surface area contributed by atoms with Gasteiger partial charge >= 0.3 is 0 Å². The van der Waals surface area contributed by atoms with Gasteiger partial charge in [-0.1, -0.05) is 11.6 Å². The summed E-state index contributed by atoms with van der Waals surface area (Å²) >= 11 is 6.01. The minimum Gasteiger partial charge on any atom is -0.353 e. The largest absolute Gasteiger partial charge is 0.353 e. The minimum atomic E-state index is 0.120. The third-order valence-electron chi connectivity index (χ3n) is 4.42. The van der Waals surface area contributed by atoms with Gasteiger partial charge in [0.1, 0.15) is 11.0 Å². The second-order valence-electron chi connectivity index (χ2n) is 5.97. The lowest BCUT2D eigenvalue weighted by molar-refractivity contribution is -0.129. The van der Waals surface area contributed by atoms with Crippen molar-refractivity contribution in [3.05, 3.63) is 41.8 Å². The molecule has 128 valence electrons. The average molecular weight is 357 g/mol. The van der Waals surface area contributed by atoms with E-state index in [9.17, 15) is 4.79 Å². The predicted octanol–water partition coefficient (Wildman–Crippen LogP) is 2.11. The highest BCUT2D eigenvalue weighted by atomic mass is 35.5. The highest BCUT2D eigenvalue weighted by molar-refractivity contribution is 6.29. The number of rotatable bonds is 2. The van der Waals surface area contributed by atoms with Gasteiger partial charge in [-0.25, -0.2) is 14.5 Å². The Bertz CT molecular complexity index is 932. The van der Waals surface area contributed by atoms with Crippen molar-refractivity contribution < 1.29 is 4.79 Å². The molecule has 1 saturated heterocycles. The van der Waals surface area contributed by atoms with Gasteiger partial charge in [0, 0.05) is 44.9 Å². The van der Waals surface area contributed by atoms with E-state index in [1.807, 2.05) is 23.1 Å². The lowest BCUT2D eigenvalue weighted by atomic mass is 10.2. The molecule has 1 amide bonds. The van der Waals surface area contributed by atoms with Crippen LogP contribution in [0.15, 0.2) is 36.7 Å². The van der Waals surface area contributed by atoms with Gasteiger partial charge in [-0.3, -0.25) is 4.79 Å². The maximum atomic E-state index is 11.5. The molecule has 0 atom stereocenters. The van der Waals surface area contributed by atoms with Crippen LogP contribution in [-0.2, 0) is 4.79 Å². The number of hydrogen-bond donors (Lipinski definition) is 0. The Hall–Kier alpha value is -2.67. The van der Waals surface area contributed by atoms with Gasteiger partial charge in [0.2, 0.25) is 5.91 Å². The maximum absolute atomic E-state index is 11.5. The third-order valence-corrected chi connectivity index (χ3v) is 4.62. The first-order valence-electron chi connectivity index (χ1n) is 8.09. The number of fused-ring (bicyclic) bond motifs is 1. The summed E-state index contributed by atoms with van der Waals surface area (Å²) in [5.41, 5.74) is 2.58. The molecular formula is C17H17ClN6O. The van der Waals surface area contributed by atoms with E-state index in [0.717, 1.165) is 35.8 Å². The molecule has 1 aliphatic rings. The first kappa shape index (κ1) is 15.8. The van der Waals surface area contributed by atoms with Crippen molar-refractivity contribution in [2.75, 3.05) is 31.1 Å². The Balaban J connectivity index is 1.63. The lowest BCUT2D eigenvalue weighted by Crippen LogP contribution is -2.48. The molecule has 0 bridgehead atoms. The summed E-state index contributed by atoms with van der Waals surface area (Å²) in [6.45, 7) is 4.58. The topological polar surface area (TPSA) is 66.6 Å². The van der Waals surface area contributed by atoms with Crippen molar-refractivity contribution in [1.29, 1.82) is 0 Å². The molecule has 0 aromatic carbocycles. The summed E-state index contributed by atoms with van der Waals surface area (Å²) in [4.78, 5) is 24.4. The molecule has 1 aliphatic heterocycles. The van der Waals surface area contributed by atoms with E-state index < -0.39 is 0 Å². The smallest absolute Gasteiger partial charge is 0.219 e. The number of halogens is 1. The zero-order chi connectivity index (χ0) is 17.4. The molecule has 3 aromatic rings. The predicted molar refractivity (Wildman–Crippen MR) is 95.7 cm³/mol. The van der Waals surface area contributed by atoms with Crippen molar-refractivity contribution in [3.8, 4) is 11.3 Å². The zero-order valence-corrected chi connectivity index (χ0v) is 14.5. The van der Waals surface area contributed by atoms with Crippen molar-refractivity contribution in [1.82, 2.24) is 24.5 Å². The molecular weight excluding hydrogens is 340 g/mol. The molecule has 0 spiro atoms. The number of aromatic nitrogens is 4. The fraction of sp³-hybridized carbons (Fsp3) is 0.294. The average Bonchev–Trinajstić information content (AvgIpc) is 3.05. The normalized spacial score (nSPS) is 15.0. The number of pyridine rings is 1. The number of amides is 1. The van der Waals surface area contributed by atoms with Crippen molar-refractivity contribution in [3.63, 3.8) is 0 Å². The summed E-state index contributed by atoms with van der Waals surface area (Å²) in [7, 11) is 0. The number of hydrogen-bond acceptors (Lipinski definition) is 5. The summed E-state index contributed by atoms with van der Waals surface area (Å²) < 4.78 is 1.73. The number of carbonyl (C=O) groups excluding carboxylic acids is 1. The molecule has 4 heterocycles. The highest BCUT2D eigenvalue weighted by Crippen LogP contribution is 2.24. The molecule has 0 saturated carbocycles. The molecule has 0 radical (unpaired) electrons. The van der Waals surface area contributed by atoms with E-state index in [-0.39, 0.29) is 5.91 Å². The minimum absolute atomic E-state index is 0.120. The summed E-state index contributed by atoms with van der Waals surface area (Å²) in [6.07, 6.45) is 3.57. The van der Waals surface area contributed by atoms with Crippen LogP contribution in [0.5, 0.6) is 0 Å². The molecule has 0 unspecified atom stereocenters. The number of imidazole rings is 1. The molecule has 3 aromatic heterocycles. The standard InChI is InChI=1S/C17H17ClN6O/c1-12(25)22-6-8-23(9-7-22)17-10-13(4-5-19-17)14-11-20-16-3-2-15(18)21-24(14)16/h2-5,10-11H,6-9H2,1H3. The zero-order valence-electron chi connectivity index (χ0n) is 13.8. The number of nitrogens with zero attached hydrogens (tertiary/aromatic N) is 6. The fourth-order valence-electron chi connectivity index (χ4n) is 3.05. The van der Waals surface area contributed by atoms with Crippen LogP contribution in [0, 0.1) is 0 Å². The van der Waals surface area contributed by atoms with E-state index >= 15 is 0 Å². The van der Waals surface area contributed by atoms with Crippen molar-refractivity contribution in [2.45, 2.75) is 6.92 Å². The molecule has 1 fully saturated rings. The number of piperazine rings is 1. The Kier molecular flexibility index (Phi) is 4.01. The first-order valence-corrected chi connectivity index (χ1v) is 8.47. The van der Waals surface area contributed by atoms with Crippen LogP contribution in [0.3, 0.4) is 0 Å². The summed E-state index contributed by atoms with van der Waals surface area (Å²) in [6, 6.07) is 7.51. The van der Waals surface area contributed by atoms with Crippen LogP contribution in [-0.4, -0.2) is 56.6 Å². The van der Waals surface area contributed by atoms with Crippen LogP contribution in [0.4, 0.5) is 5.82 Å². The molecule has 0 aliphatic carbocycles. The van der Waals surface area contributed by atoms with Crippen LogP contribution in [0.25, 0.3) is 16.9 Å². The van der Waals surface area contributed by atoms with Crippen LogP contribution >= 0.6 is 11.6 Å². The van der Waals surface area contributed by atoms with Gasteiger partial charge < -0.3 is 9.80 Å². The van der Waals surface area contributed by atoms with Crippen LogP contribution in [0.1, 0.15) is 6.92 Å². The SMILES string of the molecule is CC(=O)N1CCN(c2cc(-c3cnc4ccc(Cl)nn34)ccn2)CC1. The van der Waals surface area contributed by atoms with E-state index in [2.05, 4.69) is 20.0 Å². The Morgan fingerprint density at radius 2 is 1.92 bits per heavy atom. The number of carbonyl (C=O) groups is 1. The van der Waals surface area contributed by atoms with Gasteiger partial charge in [0.05, 0.1) is 11.9 Å². The quantitative estimate of drug-likeness (QED) is 0.703. The second-order valence-corrected chi connectivity index (χ2v) is 6.35. The molecule has 25 heavy (non-hydrogen) atoms. The van der Waals surface area contributed by atoms with E-state index in [1.165, 1.54) is 0 Å². The monoisotopic (exact) mass is 356 g/mol. The Labute approximate surface area is 149 Å². The highest BCUT2D eigenvalue weighted by Gasteiger charge is 2.20. The number of anilines is 1. The first-order chi connectivity index (χ1) is 12.1. The molecule has 4 rings (SSSR count). The molecule has 8 heteroatoms. The van der Waals surface area contributed by atoms with Gasteiger partial charge in [-0.05, 0) is 24.3 Å². The van der Waals surface area contributed by atoms with Crippen molar-refractivity contribution >= 4 is 29.0 Å². The van der Waals surface area contributed by atoms with Gasteiger partial charge in [0.25, 0.3) is 0 Å². The molecule has 0 N–H and O–H groups in total. The van der Waals surface area contributed by atoms with Gasteiger partial charge in [-0.2, -0.15) is 5.10 Å². The summed E-state index contributed by atoms with van der Waals surface area (Å²) in [5.74, 6) is 1.01. The fourth-order valence-corrected chi connectivity index (χ4v) is 3.19. The Morgan fingerprint density at radius 3 is 2.68 bits per heavy atom. The maximum Gasteiger partial charge on any atom is 0.219 e. The van der Waals surface area contributed by atoms with E-state index in [4.69, 9.17) is 11.6 Å². The van der Waals surface area contributed by atoms with Gasteiger partial charge in [-0.15, -0.1) is 0 Å². The Morgan fingerprint density at radius 1 is 1.12 bits per heavy atom. The van der Waals surface area contributed by atoms with Crippen LogP contribution < -0.4 is 4.90 Å². The lowest BCUT2D eigenvalue weighted by Gasteiger charge is -2.35. The van der Waals surface area contributed by atoms with Crippen molar-refractivity contribution in [2.24, 2.45) is 0 Å². The van der Waals surface area contributed by atoms with E-state index in [1.54, 1.807) is 29.9 Å². The second kappa shape index (κ2) is 6.33. The summed E-state index contributed by atoms with van der Waals surface area (Å²) in [5, 5.41) is 4.74. The molecule has 7 nitrogen and oxygen atoms in total. The van der Waals surface area contributed by atoms with Gasteiger partial charge in [0.15, 0.2) is 5.65 Å². The third kappa shape index (κ3) is 3.02. The van der Waals surface area contributed by atoms with E-state index in [0.29, 0.717) is 18.2 Å².